The summed E-state index contributed by atoms with van der Waals surface area (Å²) in [6.07, 6.45) is -1.05. The fourth-order valence-corrected chi connectivity index (χ4v) is 5.80. The van der Waals surface area contributed by atoms with Crippen LogP contribution < -0.4 is 9.47 Å². The van der Waals surface area contributed by atoms with Crippen molar-refractivity contribution in [2.24, 2.45) is 5.16 Å². The molecular weight excluding hydrogens is 559 g/mol. The van der Waals surface area contributed by atoms with E-state index in [2.05, 4.69) is 15.1 Å². The smallest absolute Gasteiger partial charge is 0.416 e. The Kier molecular flexibility index (Phi) is 7.89. The molecule has 39 heavy (non-hydrogen) atoms. The minimum Gasteiger partial charge on any atom is -0.481 e. The van der Waals surface area contributed by atoms with Gasteiger partial charge in [-0.05, 0) is 25.0 Å². The Labute approximate surface area is 230 Å². The van der Waals surface area contributed by atoms with Gasteiger partial charge in [0.25, 0.3) is 5.91 Å². The molecule has 2 aliphatic heterocycles. The van der Waals surface area contributed by atoms with Crippen molar-refractivity contribution in [3.63, 3.8) is 0 Å². The third kappa shape index (κ3) is 6.09. The van der Waals surface area contributed by atoms with E-state index in [0.29, 0.717) is 30.2 Å². The van der Waals surface area contributed by atoms with Crippen molar-refractivity contribution in [2.45, 2.75) is 37.5 Å². The lowest BCUT2D eigenvalue weighted by molar-refractivity contribution is -0.139. The zero-order valence-corrected chi connectivity index (χ0v) is 22.2. The van der Waals surface area contributed by atoms with Gasteiger partial charge in [-0.1, -0.05) is 22.8 Å². The topological polar surface area (TPSA) is 99.0 Å². The van der Waals surface area contributed by atoms with Gasteiger partial charge in [0, 0.05) is 41.4 Å². The summed E-state index contributed by atoms with van der Waals surface area (Å²) >= 11 is 7.59. The molecule has 0 aliphatic carbocycles. The zero-order valence-electron chi connectivity index (χ0n) is 20.7. The first kappa shape index (κ1) is 27.1. The molecule has 0 N–H and O–H groups in total. The minimum absolute atomic E-state index is 0.0192. The quantitative estimate of drug-likeness (QED) is 0.375. The predicted molar refractivity (Wildman–Crippen MR) is 136 cm³/mol. The number of carbonyl (C=O) groups is 1. The molecule has 1 fully saturated rings. The van der Waals surface area contributed by atoms with Crippen molar-refractivity contribution >= 4 is 34.6 Å². The van der Waals surface area contributed by atoms with Crippen LogP contribution in [0.5, 0.6) is 11.8 Å². The number of hydrogen-bond donors (Lipinski definition) is 0. The molecule has 5 rings (SSSR count). The largest absolute Gasteiger partial charge is 0.481 e. The summed E-state index contributed by atoms with van der Waals surface area (Å²) in [5.74, 6) is 0.396. The average molecular weight is 582 g/mol. The van der Waals surface area contributed by atoms with Crippen molar-refractivity contribution in [3.05, 3.63) is 62.8 Å². The van der Waals surface area contributed by atoms with E-state index in [1.807, 2.05) is 5.38 Å². The number of oxime groups is 1. The highest BCUT2D eigenvalue weighted by atomic mass is 35.5. The lowest BCUT2D eigenvalue weighted by Gasteiger charge is -2.31. The standard InChI is InChI=1S/C25H23ClF3N5O4S/c1-36-24-30-10-15(11-31-24)37-12-21(35)34-7-5-14(6-8-34)23-32-19(13-39-23)18-9-20(38-33-18)22-16(25(27,28)29)3-2-4-17(22)26/h2-4,10-11,13-14,20H,5-9,12H2,1H3. The molecule has 1 aromatic carbocycles. The molecule has 0 saturated carbocycles. The molecule has 1 amide bonds. The number of halogens is 4. The van der Waals surface area contributed by atoms with Crippen LogP contribution in [0.4, 0.5) is 13.2 Å². The molecule has 0 bridgehead atoms. The third-order valence-electron chi connectivity index (χ3n) is 6.51. The Morgan fingerprint density at radius 1 is 1.23 bits per heavy atom. The molecule has 0 spiro atoms. The Bertz CT molecular complexity index is 1360. The lowest BCUT2D eigenvalue weighted by atomic mass is 9.97. The molecule has 1 unspecified atom stereocenters. The number of hydrogen-bond acceptors (Lipinski definition) is 9. The van der Waals surface area contributed by atoms with Crippen LogP contribution in [0, 0.1) is 0 Å². The van der Waals surface area contributed by atoms with Crippen LogP contribution in [0.15, 0.2) is 41.1 Å². The number of carbonyl (C=O) groups excluding carboxylic acids is 1. The van der Waals surface area contributed by atoms with Crippen LogP contribution in [0.3, 0.4) is 0 Å². The number of piperidine rings is 1. The number of thiazole rings is 1. The second-order valence-electron chi connectivity index (χ2n) is 8.96. The molecule has 1 atom stereocenters. The number of benzene rings is 1. The number of aromatic nitrogens is 3. The normalized spacial score (nSPS) is 18.0. The van der Waals surface area contributed by atoms with Gasteiger partial charge < -0.3 is 19.2 Å². The Hall–Kier alpha value is -3.45. The molecule has 2 aliphatic rings. The maximum Gasteiger partial charge on any atom is 0.416 e. The van der Waals surface area contributed by atoms with Crippen molar-refractivity contribution in [1.29, 1.82) is 0 Å². The Morgan fingerprint density at radius 2 is 1.97 bits per heavy atom. The number of nitrogens with zero attached hydrogens (tertiary/aromatic N) is 5. The van der Waals surface area contributed by atoms with Gasteiger partial charge in [-0.25, -0.2) is 4.98 Å². The summed E-state index contributed by atoms with van der Waals surface area (Å²) in [5.41, 5.74) is 0.0930. The van der Waals surface area contributed by atoms with E-state index in [-0.39, 0.29) is 41.4 Å². The molecule has 4 heterocycles. The van der Waals surface area contributed by atoms with E-state index in [1.54, 1.807) is 4.90 Å². The summed E-state index contributed by atoms with van der Waals surface area (Å²) in [6.45, 7) is 0.990. The highest BCUT2D eigenvalue weighted by Gasteiger charge is 2.39. The molecule has 9 nitrogen and oxygen atoms in total. The zero-order chi connectivity index (χ0) is 27.6. The Balaban J connectivity index is 1.15. The lowest BCUT2D eigenvalue weighted by Crippen LogP contribution is -2.40. The van der Waals surface area contributed by atoms with E-state index in [4.69, 9.17) is 30.9 Å². The van der Waals surface area contributed by atoms with Gasteiger partial charge in [0.2, 0.25) is 0 Å². The van der Waals surface area contributed by atoms with Crippen molar-refractivity contribution in [3.8, 4) is 11.8 Å². The van der Waals surface area contributed by atoms with Crippen molar-refractivity contribution in [2.75, 3.05) is 26.8 Å². The molecule has 206 valence electrons. The van der Waals surface area contributed by atoms with E-state index < -0.39 is 17.8 Å². The molecular formula is C25H23ClF3N5O4S. The first-order chi connectivity index (χ1) is 18.7. The van der Waals surface area contributed by atoms with E-state index >= 15 is 0 Å². The van der Waals surface area contributed by atoms with Gasteiger partial charge in [-0.15, -0.1) is 11.3 Å². The number of rotatable bonds is 7. The third-order valence-corrected chi connectivity index (χ3v) is 7.85. The van der Waals surface area contributed by atoms with Gasteiger partial charge in [-0.2, -0.15) is 23.1 Å². The van der Waals surface area contributed by atoms with Gasteiger partial charge >= 0.3 is 12.2 Å². The maximum absolute atomic E-state index is 13.5. The molecule has 3 aromatic rings. The van der Waals surface area contributed by atoms with Gasteiger partial charge in [0.15, 0.2) is 18.5 Å². The van der Waals surface area contributed by atoms with E-state index in [9.17, 15) is 18.0 Å². The summed E-state index contributed by atoms with van der Waals surface area (Å²) < 4.78 is 51.0. The molecule has 2 aromatic heterocycles. The number of methoxy groups -OCH3 is 1. The van der Waals surface area contributed by atoms with Gasteiger partial charge in [0.1, 0.15) is 5.71 Å². The summed E-state index contributed by atoms with van der Waals surface area (Å²) in [5, 5.41) is 6.73. The number of amides is 1. The highest BCUT2D eigenvalue weighted by molar-refractivity contribution is 7.10. The fourth-order valence-electron chi connectivity index (χ4n) is 4.50. The number of alkyl halides is 3. The first-order valence-corrected chi connectivity index (χ1v) is 13.3. The maximum atomic E-state index is 13.5. The summed E-state index contributed by atoms with van der Waals surface area (Å²) in [6, 6.07) is 3.87. The summed E-state index contributed by atoms with van der Waals surface area (Å²) in [7, 11) is 1.46. The van der Waals surface area contributed by atoms with Crippen molar-refractivity contribution < 1.29 is 32.3 Å². The minimum atomic E-state index is -4.56. The SMILES string of the molecule is COc1ncc(OCC(=O)N2CCC(c3nc(C4=NOC(c5c(Cl)cccc5C(F)(F)F)C4)cs3)CC2)cn1. The first-order valence-electron chi connectivity index (χ1n) is 12.0. The predicted octanol–water partition coefficient (Wildman–Crippen LogP) is 5.26. The molecule has 14 heteroatoms. The Morgan fingerprint density at radius 3 is 2.67 bits per heavy atom. The van der Waals surface area contributed by atoms with Crippen molar-refractivity contribution in [1.82, 2.24) is 19.9 Å². The molecule has 0 radical (unpaired) electrons. The van der Waals surface area contributed by atoms with Crippen LogP contribution >= 0.6 is 22.9 Å². The average Bonchev–Trinajstić information content (AvgIpc) is 3.62. The van der Waals surface area contributed by atoms with Crippen LogP contribution in [0.2, 0.25) is 5.02 Å². The summed E-state index contributed by atoms with van der Waals surface area (Å²) in [4.78, 5) is 32.3. The fraction of sp³-hybridized carbons (Fsp3) is 0.400. The van der Waals surface area contributed by atoms with E-state index in [1.165, 1.54) is 43.0 Å². The second-order valence-corrected chi connectivity index (χ2v) is 10.3. The van der Waals surface area contributed by atoms with Crippen LogP contribution in [-0.2, 0) is 15.8 Å². The van der Waals surface area contributed by atoms with Crippen LogP contribution in [0.25, 0.3) is 0 Å². The van der Waals surface area contributed by atoms with E-state index in [0.717, 1.165) is 23.9 Å². The highest BCUT2D eigenvalue weighted by Crippen LogP contribution is 2.42. The molecule has 1 saturated heterocycles. The number of likely N-dealkylation sites (tertiary alicyclic amines) is 1. The van der Waals surface area contributed by atoms with Gasteiger partial charge in [0.05, 0.1) is 35.8 Å². The monoisotopic (exact) mass is 581 g/mol. The number of ether oxygens (including phenoxy) is 2. The van der Waals surface area contributed by atoms with Crippen LogP contribution in [-0.4, -0.2) is 58.3 Å². The second kappa shape index (κ2) is 11.3. The van der Waals surface area contributed by atoms with Crippen LogP contribution in [0.1, 0.15) is 53.1 Å². The van der Waals surface area contributed by atoms with Gasteiger partial charge in [-0.3, -0.25) is 4.79 Å².